The molecule has 0 saturated heterocycles. The highest BCUT2D eigenvalue weighted by molar-refractivity contribution is 6.76. The van der Waals surface area contributed by atoms with E-state index in [4.69, 9.17) is 14.2 Å². The molecule has 1 atom stereocenters. The van der Waals surface area contributed by atoms with Crippen LogP contribution in [-0.2, 0) is 32.2 Å². The molecule has 1 fully saturated rings. The smallest absolute Gasteiger partial charge is 0.408 e. The van der Waals surface area contributed by atoms with Gasteiger partial charge in [0.15, 0.2) is 11.6 Å². The van der Waals surface area contributed by atoms with Crippen LogP contribution in [0.25, 0.3) is 11.0 Å². The van der Waals surface area contributed by atoms with Crippen LogP contribution in [-0.4, -0.2) is 77.6 Å². The van der Waals surface area contributed by atoms with Crippen molar-refractivity contribution in [3.05, 3.63) is 53.6 Å². The fraction of sp³-hybridized carbons (Fsp3) is 0.568. The molecule has 0 spiro atoms. The van der Waals surface area contributed by atoms with Crippen molar-refractivity contribution in [1.29, 1.82) is 0 Å². The van der Waals surface area contributed by atoms with Gasteiger partial charge in [0.2, 0.25) is 11.8 Å². The van der Waals surface area contributed by atoms with Crippen LogP contribution in [0.3, 0.4) is 0 Å². The van der Waals surface area contributed by atoms with Gasteiger partial charge in [-0.25, -0.2) is 14.2 Å². The lowest BCUT2D eigenvalue weighted by molar-refractivity contribution is -0.136. The minimum absolute atomic E-state index is 0.0207. The maximum Gasteiger partial charge on any atom is 0.408 e. The minimum atomic E-state index is -1.23. The number of amides is 3. The molecule has 0 aliphatic heterocycles. The first kappa shape index (κ1) is 39.8. The number of alkyl carbamates (subject to hydrolysis) is 1. The van der Waals surface area contributed by atoms with Crippen LogP contribution in [0.5, 0.6) is 11.5 Å². The molecule has 1 saturated carbocycles. The monoisotopic (exact) mass is 727 g/mol. The van der Waals surface area contributed by atoms with Crippen LogP contribution < -0.4 is 20.7 Å². The van der Waals surface area contributed by atoms with E-state index < -0.39 is 49.0 Å². The third-order valence-electron chi connectivity index (χ3n) is 8.70. The zero-order valence-electron chi connectivity index (χ0n) is 31.0. The zero-order valence-corrected chi connectivity index (χ0v) is 32.0. The van der Waals surface area contributed by atoms with E-state index >= 15 is 4.39 Å². The first-order valence-electron chi connectivity index (χ1n) is 17.7. The van der Waals surface area contributed by atoms with Gasteiger partial charge in [0.05, 0.1) is 12.0 Å². The van der Waals surface area contributed by atoms with E-state index in [1.165, 1.54) is 12.1 Å². The number of halogens is 1. The molecule has 0 bridgehead atoms. The van der Waals surface area contributed by atoms with Gasteiger partial charge in [-0.3, -0.25) is 9.59 Å². The number of aromatic nitrogens is 2. The summed E-state index contributed by atoms with van der Waals surface area (Å²) in [4.78, 5) is 44.4. The molecule has 4 N–H and O–H groups in total. The molecule has 0 radical (unpaired) electrons. The van der Waals surface area contributed by atoms with E-state index in [0.717, 1.165) is 36.3 Å². The first-order chi connectivity index (χ1) is 24.0. The number of aliphatic hydroxyl groups is 1. The lowest BCUT2D eigenvalue weighted by Crippen LogP contribution is -2.63. The summed E-state index contributed by atoms with van der Waals surface area (Å²) in [6, 6.07) is 5.92. The molecule has 4 rings (SSSR count). The Kier molecular flexibility index (Phi) is 13.3. The fourth-order valence-corrected chi connectivity index (χ4v) is 6.86. The predicted octanol–water partition coefficient (Wildman–Crippen LogP) is 5.95. The third kappa shape index (κ3) is 11.2. The van der Waals surface area contributed by atoms with Gasteiger partial charge in [-0.15, -0.1) is 0 Å². The number of nitrogens with one attached hydrogen (secondary N) is 3. The van der Waals surface area contributed by atoms with Crippen molar-refractivity contribution in [2.75, 3.05) is 19.8 Å². The lowest BCUT2D eigenvalue weighted by Gasteiger charge is -2.37. The number of ether oxygens (including phenoxy) is 3. The van der Waals surface area contributed by atoms with Crippen molar-refractivity contribution in [1.82, 2.24) is 25.5 Å². The van der Waals surface area contributed by atoms with E-state index in [9.17, 15) is 19.5 Å². The van der Waals surface area contributed by atoms with Crippen molar-refractivity contribution >= 4 is 37.0 Å². The van der Waals surface area contributed by atoms with E-state index in [2.05, 4.69) is 40.6 Å². The number of pyridine rings is 1. The van der Waals surface area contributed by atoms with Crippen molar-refractivity contribution < 1.29 is 38.1 Å². The minimum Gasteiger partial charge on any atom is -0.453 e. The van der Waals surface area contributed by atoms with Crippen LogP contribution in [0.1, 0.15) is 64.0 Å². The molecule has 1 aliphatic rings. The topological polar surface area (TPSA) is 153 Å². The molecule has 12 nitrogen and oxygen atoms in total. The van der Waals surface area contributed by atoms with Crippen LogP contribution in [0, 0.1) is 12.7 Å². The third-order valence-corrected chi connectivity index (χ3v) is 10.4. The highest BCUT2D eigenvalue weighted by Crippen LogP contribution is 2.34. The number of carbonyl (C=O) groups is 3. The summed E-state index contributed by atoms with van der Waals surface area (Å²) in [6.07, 6.45) is 5.83. The molecule has 14 heteroatoms. The summed E-state index contributed by atoms with van der Waals surface area (Å²) >= 11 is 0. The van der Waals surface area contributed by atoms with E-state index in [1.807, 2.05) is 17.7 Å². The highest BCUT2D eigenvalue weighted by Gasteiger charge is 2.42. The summed E-state index contributed by atoms with van der Waals surface area (Å²) in [5, 5.41) is 18.2. The largest absolute Gasteiger partial charge is 0.453 e. The summed E-state index contributed by atoms with van der Waals surface area (Å²) in [5.41, 5.74) is -0.0478. The molecule has 2 heterocycles. The Bertz CT molecular complexity index is 1680. The molecule has 1 aliphatic carbocycles. The normalized spacial score (nSPS) is 15.2. The molecule has 280 valence electrons. The van der Waals surface area contributed by atoms with E-state index in [-0.39, 0.29) is 25.3 Å². The molecule has 2 aromatic heterocycles. The van der Waals surface area contributed by atoms with Crippen molar-refractivity contribution in [3.63, 3.8) is 0 Å². The number of hydrogen-bond donors (Lipinski definition) is 4. The Morgan fingerprint density at radius 2 is 1.82 bits per heavy atom. The average molecular weight is 728 g/mol. The molecule has 0 unspecified atom stereocenters. The molecular formula is C37H54FN5O7Si. The second-order valence-corrected chi connectivity index (χ2v) is 21.1. The Morgan fingerprint density at radius 1 is 1.10 bits per heavy atom. The Morgan fingerprint density at radius 3 is 2.47 bits per heavy atom. The van der Waals surface area contributed by atoms with Crippen LogP contribution in [0.4, 0.5) is 9.18 Å². The SMILES string of the molecule is Cc1cn(COCC[Si](C)(C)C)c2nccc(Oc3ccc(C[C@H](NC(=O)OC(C)(C)C)C(=O)NC4(C(=O)NCCO)CCCCC4)cc3F)c12. The maximum atomic E-state index is 15.7. The van der Waals surface area contributed by atoms with Gasteiger partial charge in [-0.2, -0.15) is 0 Å². The van der Waals surface area contributed by atoms with Gasteiger partial charge in [-0.05, 0) is 75.9 Å². The molecular weight excluding hydrogens is 674 g/mol. The van der Waals surface area contributed by atoms with E-state index in [1.54, 1.807) is 39.1 Å². The van der Waals surface area contributed by atoms with Gasteiger partial charge in [0.1, 0.15) is 35.3 Å². The summed E-state index contributed by atoms with van der Waals surface area (Å²) < 4.78 is 35.1. The Hall–Kier alpha value is -4.01. The van der Waals surface area contributed by atoms with Crippen molar-refractivity contribution in [2.24, 2.45) is 0 Å². The van der Waals surface area contributed by atoms with Crippen molar-refractivity contribution in [2.45, 2.75) is 116 Å². The highest BCUT2D eigenvalue weighted by atomic mass is 28.3. The molecule has 3 amide bonds. The quantitative estimate of drug-likeness (QED) is 0.111. The number of aryl methyl sites for hydroxylation is 1. The lowest BCUT2D eigenvalue weighted by atomic mass is 9.80. The second kappa shape index (κ2) is 17.0. The second-order valence-electron chi connectivity index (χ2n) is 15.5. The molecule has 3 aromatic rings. The fourth-order valence-electron chi connectivity index (χ4n) is 6.10. The number of aliphatic hydroxyl groups excluding tert-OH is 1. The number of benzene rings is 1. The van der Waals surface area contributed by atoms with E-state index in [0.29, 0.717) is 43.1 Å². The molecule has 1 aromatic carbocycles. The number of fused-ring (bicyclic) bond motifs is 1. The van der Waals surface area contributed by atoms with Crippen LogP contribution in [0.15, 0.2) is 36.7 Å². The first-order valence-corrected chi connectivity index (χ1v) is 21.4. The van der Waals surface area contributed by atoms with Crippen molar-refractivity contribution in [3.8, 4) is 11.5 Å². The predicted molar refractivity (Wildman–Crippen MR) is 196 cm³/mol. The summed E-state index contributed by atoms with van der Waals surface area (Å²) in [7, 11) is -1.23. The maximum absolute atomic E-state index is 15.7. The van der Waals surface area contributed by atoms with Crippen LogP contribution >= 0.6 is 0 Å². The summed E-state index contributed by atoms with van der Waals surface area (Å²) in [5.74, 6) is -1.24. The standard InChI is InChI=1S/C37H54FN5O7Si/c1-25-23-43(24-48-19-20-51(5,6)7)32-31(25)30(13-16-39-32)49-29-12-11-26(21-27(29)38)22-28(41-35(47)50-36(2,3)4)33(45)42-37(14-9-8-10-15-37)34(46)40-17-18-44/h11-13,16,21,23,28,44H,8-10,14-15,17-20,22,24H2,1-7H3,(H,40,46)(H,41,47)(H,42,45)/t28-/m0/s1. The molecule has 51 heavy (non-hydrogen) atoms. The Balaban J connectivity index is 1.54. The average Bonchev–Trinajstić information content (AvgIpc) is 3.37. The number of nitrogens with zero attached hydrogens (tertiary/aromatic N) is 2. The summed E-state index contributed by atoms with van der Waals surface area (Å²) in [6.45, 7) is 14.8. The zero-order chi connectivity index (χ0) is 37.4. The number of hydrogen-bond acceptors (Lipinski definition) is 8. The van der Waals surface area contributed by atoms with Crippen LogP contribution in [0.2, 0.25) is 25.7 Å². The van der Waals surface area contributed by atoms with Gasteiger partial charge in [0.25, 0.3) is 0 Å². The van der Waals surface area contributed by atoms with Gasteiger partial charge >= 0.3 is 6.09 Å². The van der Waals surface area contributed by atoms with Gasteiger partial charge in [-0.1, -0.05) is 45.0 Å². The number of rotatable bonds is 15. The number of carbonyl (C=O) groups excluding carboxylic acids is 3. The van der Waals surface area contributed by atoms with Gasteiger partial charge in [0, 0.05) is 40.0 Å². The van der Waals surface area contributed by atoms with Gasteiger partial charge < -0.3 is 39.8 Å². The Labute approximate surface area is 300 Å².